The average Bonchev–Trinajstić information content (AvgIpc) is 3.21. The van der Waals surface area contributed by atoms with Crippen LogP contribution in [-0.2, 0) is 30.6 Å². The van der Waals surface area contributed by atoms with E-state index in [4.69, 9.17) is 16.2 Å². The van der Waals surface area contributed by atoms with Gasteiger partial charge in [0.25, 0.3) is 0 Å². The van der Waals surface area contributed by atoms with E-state index in [1.807, 2.05) is 11.1 Å². The van der Waals surface area contributed by atoms with Gasteiger partial charge in [-0.2, -0.15) is 5.10 Å². The lowest BCUT2D eigenvalue weighted by Gasteiger charge is -2.28. The SMILES string of the molecule is N=C/C(CCNCC(=O)N1CCc2nc(NC3Cc4ccccc4C3)ncc2C1)=N\N. The molecule has 0 saturated carbocycles. The van der Waals surface area contributed by atoms with E-state index in [2.05, 4.69) is 45.0 Å². The first-order valence-corrected chi connectivity index (χ1v) is 10.6. The molecule has 2 heterocycles. The lowest BCUT2D eigenvalue weighted by Crippen LogP contribution is -2.42. The largest absolute Gasteiger partial charge is 0.351 e. The van der Waals surface area contributed by atoms with Gasteiger partial charge in [-0.15, -0.1) is 0 Å². The van der Waals surface area contributed by atoms with Gasteiger partial charge in [-0.25, -0.2) is 9.97 Å². The van der Waals surface area contributed by atoms with Gasteiger partial charge in [0.2, 0.25) is 11.9 Å². The molecule has 1 amide bonds. The molecule has 1 aromatic carbocycles. The molecule has 2 aromatic rings. The number of carbonyl (C=O) groups excluding carboxylic acids is 1. The molecule has 0 spiro atoms. The highest BCUT2D eigenvalue weighted by molar-refractivity contribution is 6.29. The quantitative estimate of drug-likeness (QED) is 0.217. The van der Waals surface area contributed by atoms with E-state index in [0.29, 0.717) is 43.8 Å². The standard InChI is InChI=1S/C22H28N8O/c23-11-18(29-24)5-7-25-13-21(31)30-8-6-20-17(14-30)12-26-22(28-20)27-19-9-15-3-1-2-4-16(15)10-19/h1-4,11-12,19,23,25H,5-10,13-14,24H2,(H,26,27,28)/b23-11?,29-18-. The Balaban J connectivity index is 1.27. The lowest BCUT2D eigenvalue weighted by molar-refractivity contribution is -0.131. The molecule has 2 aliphatic rings. The third kappa shape index (κ3) is 5.05. The van der Waals surface area contributed by atoms with E-state index in [1.54, 1.807) is 0 Å². The number of fused-ring (bicyclic) bond motifs is 2. The van der Waals surface area contributed by atoms with Crippen LogP contribution in [0.25, 0.3) is 0 Å². The summed E-state index contributed by atoms with van der Waals surface area (Å²) in [7, 11) is 0. The highest BCUT2D eigenvalue weighted by Gasteiger charge is 2.24. The molecule has 5 N–H and O–H groups in total. The molecule has 0 radical (unpaired) electrons. The van der Waals surface area contributed by atoms with E-state index in [9.17, 15) is 4.79 Å². The van der Waals surface area contributed by atoms with Crippen molar-refractivity contribution in [2.24, 2.45) is 10.9 Å². The van der Waals surface area contributed by atoms with Crippen molar-refractivity contribution in [2.45, 2.75) is 38.3 Å². The molecule has 162 valence electrons. The Morgan fingerprint density at radius 3 is 2.77 bits per heavy atom. The molecule has 31 heavy (non-hydrogen) atoms. The van der Waals surface area contributed by atoms with Crippen molar-refractivity contribution in [3.63, 3.8) is 0 Å². The van der Waals surface area contributed by atoms with Crippen LogP contribution >= 0.6 is 0 Å². The average molecular weight is 421 g/mol. The minimum absolute atomic E-state index is 0.0395. The topological polar surface area (TPSA) is 132 Å². The van der Waals surface area contributed by atoms with Crippen LogP contribution < -0.4 is 16.5 Å². The number of nitrogens with one attached hydrogen (secondary N) is 3. The summed E-state index contributed by atoms with van der Waals surface area (Å²) in [4.78, 5) is 23.6. The van der Waals surface area contributed by atoms with Gasteiger partial charge in [0.1, 0.15) is 0 Å². The van der Waals surface area contributed by atoms with Gasteiger partial charge in [-0.05, 0) is 24.0 Å². The Morgan fingerprint density at radius 1 is 1.29 bits per heavy atom. The molecule has 4 rings (SSSR count). The monoisotopic (exact) mass is 420 g/mol. The van der Waals surface area contributed by atoms with Gasteiger partial charge in [0.05, 0.1) is 18.0 Å². The molecular formula is C22H28N8O. The third-order valence-electron chi connectivity index (χ3n) is 5.84. The van der Waals surface area contributed by atoms with E-state index < -0.39 is 0 Å². The summed E-state index contributed by atoms with van der Waals surface area (Å²) in [6.45, 7) is 1.97. The van der Waals surface area contributed by atoms with Crippen molar-refractivity contribution in [3.05, 3.63) is 52.8 Å². The molecule has 1 aromatic heterocycles. The number of hydrogen-bond donors (Lipinski definition) is 4. The number of nitrogens with two attached hydrogens (primary N) is 1. The molecule has 0 unspecified atom stereocenters. The van der Waals surface area contributed by atoms with Gasteiger partial charge < -0.3 is 26.8 Å². The maximum absolute atomic E-state index is 12.5. The maximum atomic E-state index is 12.5. The number of amides is 1. The fourth-order valence-electron chi connectivity index (χ4n) is 4.14. The van der Waals surface area contributed by atoms with E-state index in [1.165, 1.54) is 11.1 Å². The number of anilines is 1. The van der Waals surface area contributed by atoms with Gasteiger partial charge in [0.15, 0.2) is 0 Å². The van der Waals surface area contributed by atoms with E-state index >= 15 is 0 Å². The first-order valence-electron chi connectivity index (χ1n) is 10.6. The molecule has 1 aliphatic carbocycles. The second kappa shape index (κ2) is 9.65. The summed E-state index contributed by atoms with van der Waals surface area (Å²) in [6.07, 6.45) is 6.19. The molecule has 9 nitrogen and oxygen atoms in total. The first kappa shape index (κ1) is 20.9. The second-order valence-electron chi connectivity index (χ2n) is 7.94. The van der Waals surface area contributed by atoms with Crippen LogP contribution in [0.5, 0.6) is 0 Å². The predicted molar refractivity (Wildman–Crippen MR) is 120 cm³/mol. The van der Waals surface area contributed by atoms with Crippen LogP contribution in [0, 0.1) is 5.41 Å². The van der Waals surface area contributed by atoms with Crippen LogP contribution in [0.2, 0.25) is 0 Å². The maximum Gasteiger partial charge on any atom is 0.236 e. The fourth-order valence-corrected chi connectivity index (χ4v) is 4.14. The smallest absolute Gasteiger partial charge is 0.236 e. The van der Waals surface area contributed by atoms with Gasteiger partial charge in [0, 0.05) is 56.5 Å². The van der Waals surface area contributed by atoms with Crippen molar-refractivity contribution in [2.75, 3.05) is 25.0 Å². The zero-order valence-corrected chi connectivity index (χ0v) is 17.5. The highest BCUT2D eigenvalue weighted by atomic mass is 16.2. The van der Waals surface area contributed by atoms with Crippen LogP contribution in [-0.4, -0.2) is 58.4 Å². The van der Waals surface area contributed by atoms with Gasteiger partial charge in [-0.1, -0.05) is 24.3 Å². The molecule has 0 fully saturated rings. The van der Waals surface area contributed by atoms with E-state index in [-0.39, 0.29) is 12.5 Å². The number of aromatic nitrogens is 2. The number of carbonyl (C=O) groups is 1. The summed E-state index contributed by atoms with van der Waals surface area (Å²) >= 11 is 0. The van der Waals surface area contributed by atoms with Crippen molar-refractivity contribution in [1.29, 1.82) is 5.41 Å². The van der Waals surface area contributed by atoms with E-state index in [0.717, 1.165) is 36.7 Å². The summed E-state index contributed by atoms with van der Waals surface area (Å²) in [6, 6.07) is 8.86. The zero-order valence-electron chi connectivity index (χ0n) is 17.5. The molecule has 0 saturated heterocycles. The van der Waals surface area contributed by atoms with Crippen molar-refractivity contribution >= 4 is 23.8 Å². The normalized spacial score (nSPS) is 16.0. The molecule has 9 heteroatoms. The number of nitrogens with zero attached hydrogens (tertiary/aromatic N) is 4. The number of hydrogen-bond acceptors (Lipinski definition) is 8. The molecule has 0 atom stereocenters. The van der Waals surface area contributed by atoms with Crippen LogP contribution in [0.4, 0.5) is 5.95 Å². The predicted octanol–water partition coefficient (Wildman–Crippen LogP) is 0.885. The Kier molecular flexibility index (Phi) is 6.51. The Bertz CT molecular complexity index is 964. The molecule has 1 aliphatic heterocycles. The zero-order chi connectivity index (χ0) is 21.6. The Hall–Kier alpha value is -3.33. The fraction of sp³-hybridized carbons (Fsp3) is 0.409. The minimum atomic E-state index is 0.0395. The number of benzene rings is 1. The highest BCUT2D eigenvalue weighted by Crippen LogP contribution is 2.24. The van der Waals surface area contributed by atoms with Crippen LogP contribution in [0.1, 0.15) is 28.8 Å². The van der Waals surface area contributed by atoms with Gasteiger partial charge in [-0.3, -0.25) is 4.79 Å². The number of rotatable bonds is 8. The molecular weight excluding hydrogens is 392 g/mol. The van der Waals surface area contributed by atoms with Crippen LogP contribution in [0.3, 0.4) is 0 Å². The summed E-state index contributed by atoms with van der Waals surface area (Å²) in [5.74, 6) is 5.89. The van der Waals surface area contributed by atoms with Crippen LogP contribution in [0.15, 0.2) is 35.6 Å². The minimum Gasteiger partial charge on any atom is -0.351 e. The summed E-state index contributed by atoms with van der Waals surface area (Å²) in [5.41, 5.74) is 5.30. The lowest BCUT2D eigenvalue weighted by atomic mass is 10.1. The summed E-state index contributed by atoms with van der Waals surface area (Å²) < 4.78 is 0. The Labute approximate surface area is 181 Å². The van der Waals surface area contributed by atoms with Crippen molar-refractivity contribution in [3.8, 4) is 0 Å². The third-order valence-corrected chi connectivity index (χ3v) is 5.84. The van der Waals surface area contributed by atoms with Crippen molar-refractivity contribution < 1.29 is 4.79 Å². The first-order chi connectivity index (χ1) is 15.2. The summed E-state index contributed by atoms with van der Waals surface area (Å²) in [5, 5.41) is 17.2. The molecule has 0 bridgehead atoms. The van der Waals surface area contributed by atoms with Crippen molar-refractivity contribution in [1.82, 2.24) is 20.2 Å². The van der Waals surface area contributed by atoms with Gasteiger partial charge >= 0.3 is 0 Å². The Morgan fingerprint density at radius 2 is 2.06 bits per heavy atom. The number of hydrazone groups is 1. The second-order valence-corrected chi connectivity index (χ2v) is 7.94.